The third-order valence-electron chi connectivity index (χ3n) is 2.62. The van der Waals surface area contributed by atoms with E-state index in [1.54, 1.807) is 30.5 Å². The summed E-state index contributed by atoms with van der Waals surface area (Å²) in [6.07, 6.45) is 0. The average molecular weight is 293 g/mol. The Morgan fingerprint density at radius 2 is 2.30 bits per heavy atom. The minimum absolute atomic E-state index is 0.117. The summed E-state index contributed by atoms with van der Waals surface area (Å²) in [5, 5.41) is 4.78. The van der Waals surface area contributed by atoms with Crippen molar-refractivity contribution in [2.75, 3.05) is 17.7 Å². The van der Waals surface area contributed by atoms with Crippen molar-refractivity contribution >= 4 is 28.7 Å². The maximum absolute atomic E-state index is 11.9. The highest BCUT2D eigenvalue weighted by atomic mass is 32.1. The van der Waals surface area contributed by atoms with Gasteiger partial charge < -0.3 is 20.8 Å². The van der Waals surface area contributed by atoms with Crippen LogP contribution in [-0.4, -0.2) is 17.6 Å². The molecule has 4 N–H and O–H groups in total. The zero-order valence-corrected chi connectivity index (χ0v) is 11.8. The molecule has 1 aromatic carbocycles. The van der Waals surface area contributed by atoms with Crippen LogP contribution in [0.3, 0.4) is 0 Å². The first kappa shape index (κ1) is 14.1. The van der Waals surface area contributed by atoms with E-state index in [0.717, 1.165) is 17.0 Å². The quantitative estimate of drug-likeness (QED) is 0.577. The Kier molecular flexibility index (Phi) is 4.41. The number of esters is 1. The summed E-state index contributed by atoms with van der Waals surface area (Å²) >= 11 is 1.09. The molecule has 0 saturated carbocycles. The molecule has 6 nitrogen and oxygen atoms in total. The van der Waals surface area contributed by atoms with Gasteiger partial charge in [-0.25, -0.2) is 4.79 Å². The van der Waals surface area contributed by atoms with Crippen LogP contribution in [-0.2, 0) is 11.3 Å². The van der Waals surface area contributed by atoms with Crippen molar-refractivity contribution < 1.29 is 9.53 Å². The fourth-order valence-electron chi connectivity index (χ4n) is 1.73. The molecular formula is C13H15N3O3S. The first-order valence-electron chi connectivity index (χ1n) is 6.08. The number of aromatic amines is 1. The number of hydrogen-bond acceptors (Lipinski definition) is 6. The van der Waals surface area contributed by atoms with Crippen LogP contribution in [0, 0.1) is 0 Å². The standard InChI is InChI=1S/C13H15N3O3S/c1-2-19-12(17)9-4-3-5-10(14)11(9)15-6-8-7-20-13(18)16-8/h3-5,7,15H,2,6,14H2,1H3,(H,16,18). The Hall–Kier alpha value is -2.28. The molecule has 0 spiro atoms. The topological polar surface area (TPSA) is 97.2 Å². The van der Waals surface area contributed by atoms with Gasteiger partial charge in [0.2, 0.25) is 0 Å². The lowest BCUT2D eigenvalue weighted by Gasteiger charge is -2.13. The average Bonchev–Trinajstić information content (AvgIpc) is 2.83. The summed E-state index contributed by atoms with van der Waals surface area (Å²) < 4.78 is 4.99. The van der Waals surface area contributed by atoms with Gasteiger partial charge in [0, 0.05) is 11.1 Å². The molecule has 0 unspecified atom stereocenters. The Morgan fingerprint density at radius 3 is 2.95 bits per heavy atom. The molecule has 1 aromatic heterocycles. The minimum Gasteiger partial charge on any atom is -0.462 e. The van der Waals surface area contributed by atoms with E-state index in [4.69, 9.17) is 10.5 Å². The van der Waals surface area contributed by atoms with E-state index in [-0.39, 0.29) is 4.87 Å². The van der Waals surface area contributed by atoms with Crippen molar-refractivity contribution in [3.63, 3.8) is 0 Å². The minimum atomic E-state index is -0.430. The van der Waals surface area contributed by atoms with Gasteiger partial charge in [-0.1, -0.05) is 17.4 Å². The molecule has 0 saturated heterocycles. The van der Waals surface area contributed by atoms with Crippen molar-refractivity contribution in [2.24, 2.45) is 0 Å². The second-order valence-electron chi connectivity index (χ2n) is 4.02. The molecule has 0 fully saturated rings. The second kappa shape index (κ2) is 6.25. The summed E-state index contributed by atoms with van der Waals surface area (Å²) in [5.41, 5.74) is 7.96. The number of nitrogens with two attached hydrogens (primary N) is 1. The van der Waals surface area contributed by atoms with Gasteiger partial charge in [-0.05, 0) is 19.1 Å². The Bertz CT molecular complexity index is 663. The number of hydrogen-bond donors (Lipinski definition) is 3. The summed E-state index contributed by atoms with van der Waals surface area (Å²) in [5.74, 6) is -0.430. The lowest BCUT2D eigenvalue weighted by molar-refractivity contribution is 0.0527. The highest BCUT2D eigenvalue weighted by molar-refractivity contribution is 7.07. The Balaban J connectivity index is 2.21. The van der Waals surface area contributed by atoms with Crippen LogP contribution in [0.2, 0.25) is 0 Å². The van der Waals surface area contributed by atoms with E-state index < -0.39 is 5.97 Å². The maximum Gasteiger partial charge on any atom is 0.340 e. The second-order valence-corrected chi connectivity index (χ2v) is 4.86. The van der Waals surface area contributed by atoms with Crippen LogP contribution in [0.15, 0.2) is 28.4 Å². The fraction of sp³-hybridized carbons (Fsp3) is 0.231. The van der Waals surface area contributed by atoms with E-state index in [0.29, 0.717) is 30.1 Å². The highest BCUT2D eigenvalue weighted by Gasteiger charge is 2.14. The molecule has 0 aliphatic heterocycles. The molecule has 2 aromatic rings. The van der Waals surface area contributed by atoms with E-state index in [9.17, 15) is 9.59 Å². The molecule has 7 heteroatoms. The molecular weight excluding hydrogens is 278 g/mol. The molecule has 106 valence electrons. The predicted molar refractivity (Wildman–Crippen MR) is 79.1 cm³/mol. The zero-order valence-electron chi connectivity index (χ0n) is 10.9. The Morgan fingerprint density at radius 1 is 1.50 bits per heavy atom. The number of H-pyrrole nitrogens is 1. The zero-order chi connectivity index (χ0) is 14.5. The van der Waals surface area contributed by atoms with E-state index >= 15 is 0 Å². The van der Waals surface area contributed by atoms with Crippen LogP contribution in [0.25, 0.3) is 0 Å². The number of aromatic nitrogens is 1. The molecule has 0 amide bonds. The van der Waals surface area contributed by atoms with Crippen molar-refractivity contribution in [3.05, 3.63) is 44.5 Å². The predicted octanol–water partition coefficient (Wildman–Crippen LogP) is 1.81. The van der Waals surface area contributed by atoms with Gasteiger partial charge in [0.05, 0.1) is 30.1 Å². The van der Waals surface area contributed by atoms with Crippen LogP contribution >= 0.6 is 11.3 Å². The van der Waals surface area contributed by atoms with E-state index in [1.165, 1.54) is 0 Å². The molecule has 0 atom stereocenters. The number of anilines is 2. The first-order chi connectivity index (χ1) is 9.61. The highest BCUT2D eigenvalue weighted by Crippen LogP contribution is 2.24. The number of para-hydroxylation sites is 1. The monoisotopic (exact) mass is 293 g/mol. The fourth-order valence-corrected chi connectivity index (χ4v) is 2.31. The van der Waals surface area contributed by atoms with Crippen LogP contribution < -0.4 is 15.9 Å². The van der Waals surface area contributed by atoms with Crippen molar-refractivity contribution in [1.29, 1.82) is 0 Å². The maximum atomic E-state index is 11.9. The number of nitrogen functional groups attached to an aromatic ring is 1. The molecule has 0 aliphatic rings. The SMILES string of the molecule is CCOC(=O)c1cccc(N)c1NCc1csc(=O)[nH]1. The summed E-state index contributed by atoms with van der Waals surface area (Å²) in [4.78, 5) is 25.5. The molecule has 0 radical (unpaired) electrons. The lowest BCUT2D eigenvalue weighted by atomic mass is 10.1. The van der Waals surface area contributed by atoms with E-state index in [2.05, 4.69) is 10.3 Å². The van der Waals surface area contributed by atoms with Gasteiger partial charge in [-0.3, -0.25) is 4.79 Å². The van der Waals surface area contributed by atoms with Crippen molar-refractivity contribution in [2.45, 2.75) is 13.5 Å². The van der Waals surface area contributed by atoms with Crippen LogP contribution in [0.1, 0.15) is 23.0 Å². The third kappa shape index (κ3) is 3.18. The number of ether oxygens (including phenoxy) is 1. The smallest absolute Gasteiger partial charge is 0.340 e. The van der Waals surface area contributed by atoms with Crippen LogP contribution in [0.4, 0.5) is 11.4 Å². The lowest BCUT2D eigenvalue weighted by Crippen LogP contribution is -2.12. The summed E-state index contributed by atoms with van der Waals surface area (Å²) in [6.45, 7) is 2.41. The van der Waals surface area contributed by atoms with Crippen molar-refractivity contribution in [3.8, 4) is 0 Å². The van der Waals surface area contributed by atoms with Crippen molar-refractivity contribution in [1.82, 2.24) is 4.98 Å². The number of carbonyl (C=O) groups is 1. The first-order valence-corrected chi connectivity index (χ1v) is 6.96. The van der Waals surface area contributed by atoms with Gasteiger partial charge in [0.25, 0.3) is 0 Å². The van der Waals surface area contributed by atoms with Gasteiger partial charge in [-0.2, -0.15) is 0 Å². The molecule has 1 heterocycles. The van der Waals surface area contributed by atoms with Gasteiger partial charge in [0.15, 0.2) is 0 Å². The normalized spacial score (nSPS) is 10.2. The number of benzene rings is 1. The summed E-state index contributed by atoms with van der Waals surface area (Å²) in [7, 11) is 0. The summed E-state index contributed by atoms with van der Waals surface area (Å²) in [6, 6.07) is 5.04. The third-order valence-corrected chi connectivity index (χ3v) is 3.34. The Labute approximate surface area is 119 Å². The van der Waals surface area contributed by atoms with Crippen LogP contribution in [0.5, 0.6) is 0 Å². The molecule has 2 rings (SSSR count). The molecule has 0 aliphatic carbocycles. The van der Waals surface area contributed by atoms with Gasteiger partial charge >= 0.3 is 10.8 Å². The number of carbonyl (C=O) groups excluding carboxylic acids is 1. The molecule has 0 bridgehead atoms. The number of rotatable bonds is 5. The van der Waals surface area contributed by atoms with Gasteiger partial charge in [-0.15, -0.1) is 0 Å². The largest absolute Gasteiger partial charge is 0.462 e. The molecule has 20 heavy (non-hydrogen) atoms. The number of thiazole rings is 1. The number of nitrogens with one attached hydrogen (secondary N) is 2. The van der Waals surface area contributed by atoms with Gasteiger partial charge in [0.1, 0.15) is 0 Å². The van der Waals surface area contributed by atoms with E-state index in [1.807, 2.05) is 0 Å².